The zero-order valence-corrected chi connectivity index (χ0v) is 18.1. The van der Waals surface area contributed by atoms with Crippen molar-refractivity contribution in [2.24, 2.45) is 0 Å². The minimum atomic E-state index is -0.410. The van der Waals surface area contributed by atoms with Crippen molar-refractivity contribution in [3.8, 4) is 34.3 Å². The second-order valence-corrected chi connectivity index (χ2v) is 7.40. The van der Waals surface area contributed by atoms with E-state index in [-0.39, 0.29) is 46.8 Å². The largest absolute Gasteiger partial charge is 0.507 e. The molecule has 1 aromatic heterocycles. The summed E-state index contributed by atoms with van der Waals surface area (Å²) in [6, 6.07) is 9.24. The maximum atomic E-state index is 12.7. The van der Waals surface area contributed by atoms with Crippen molar-refractivity contribution in [3.05, 3.63) is 46.6 Å². The number of phenolic OH excluding ortho intramolecular Hbond substituents is 1. The van der Waals surface area contributed by atoms with Crippen LogP contribution in [0.1, 0.15) is 13.8 Å². The Labute approximate surface area is 179 Å². The van der Waals surface area contributed by atoms with Gasteiger partial charge in [0.25, 0.3) is 5.91 Å². The number of amides is 1. The van der Waals surface area contributed by atoms with Crippen molar-refractivity contribution in [3.63, 3.8) is 0 Å². The van der Waals surface area contributed by atoms with E-state index in [9.17, 15) is 14.7 Å². The van der Waals surface area contributed by atoms with Crippen LogP contribution in [0, 0.1) is 0 Å². The molecule has 1 amide bonds. The van der Waals surface area contributed by atoms with Gasteiger partial charge >= 0.3 is 0 Å². The minimum absolute atomic E-state index is 0.0298. The minimum Gasteiger partial charge on any atom is -0.507 e. The SMILES string of the molecule is COc1ccc(-c2cc(=O)c3c(O)cc(OCC(=O)N(C)C)cc3o2)cc1OC(C)C. The van der Waals surface area contributed by atoms with Gasteiger partial charge in [0, 0.05) is 37.9 Å². The van der Waals surface area contributed by atoms with Crippen LogP contribution < -0.4 is 19.6 Å². The maximum Gasteiger partial charge on any atom is 0.259 e. The second-order valence-electron chi connectivity index (χ2n) is 7.40. The number of rotatable bonds is 7. The van der Waals surface area contributed by atoms with Crippen LogP contribution in [-0.4, -0.2) is 49.8 Å². The number of carbonyl (C=O) groups is 1. The average molecular weight is 427 g/mol. The molecule has 0 radical (unpaired) electrons. The van der Waals surface area contributed by atoms with Gasteiger partial charge in [-0.1, -0.05) is 0 Å². The van der Waals surface area contributed by atoms with Gasteiger partial charge in [-0.25, -0.2) is 0 Å². The summed E-state index contributed by atoms with van der Waals surface area (Å²) in [5.74, 6) is 1.03. The first-order chi connectivity index (χ1) is 14.7. The van der Waals surface area contributed by atoms with Crippen molar-refractivity contribution in [2.45, 2.75) is 20.0 Å². The number of hydrogen-bond donors (Lipinski definition) is 1. The third kappa shape index (κ3) is 4.91. The van der Waals surface area contributed by atoms with Crippen LogP contribution in [-0.2, 0) is 4.79 Å². The lowest BCUT2D eigenvalue weighted by molar-refractivity contribution is -0.130. The van der Waals surface area contributed by atoms with Crippen molar-refractivity contribution in [2.75, 3.05) is 27.8 Å². The van der Waals surface area contributed by atoms with E-state index in [1.165, 1.54) is 23.1 Å². The number of nitrogens with zero attached hydrogens (tertiary/aromatic N) is 1. The smallest absolute Gasteiger partial charge is 0.259 e. The summed E-state index contributed by atoms with van der Waals surface area (Å²) in [6.45, 7) is 3.58. The van der Waals surface area contributed by atoms with Gasteiger partial charge in [-0.15, -0.1) is 0 Å². The Kier molecular flexibility index (Phi) is 6.39. The highest BCUT2D eigenvalue weighted by Gasteiger charge is 2.16. The van der Waals surface area contributed by atoms with E-state index in [1.807, 2.05) is 13.8 Å². The van der Waals surface area contributed by atoms with E-state index >= 15 is 0 Å². The van der Waals surface area contributed by atoms with Gasteiger partial charge in [-0.3, -0.25) is 9.59 Å². The van der Waals surface area contributed by atoms with Crippen molar-refractivity contribution in [1.29, 1.82) is 0 Å². The number of phenols is 1. The summed E-state index contributed by atoms with van der Waals surface area (Å²) >= 11 is 0. The number of likely N-dealkylation sites (N-methyl/N-ethyl adjacent to an activating group) is 1. The summed E-state index contributed by atoms with van der Waals surface area (Å²) in [7, 11) is 4.77. The third-order valence-electron chi connectivity index (χ3n) is 4.46. The highest BCUT2D eigenvalue weighted by molar-refractivity contribution is 5.86. The first kappa shape index (κ1) is 22.0. The molecule has 1 N–H and O–H groups in total. The second kappa shape index (κ2) is 8.99. The number of carbonyl (C=O) groups excluding carboxylic acids is 1. The zero-order valence-electron chi connectivity index (χ0n) is 18.1. The Morgan fingerprint density at radius 1 is 1.13 bits per heavy atom. The lowest BCUT2D eigenvalue weighted by Gasteiger charge is -2.15. The molecule has 0 atom stereocenters. The van der Waals surface area contributed by atoms with Crippen molar-refractivity contribution >= 4 is 16.9 Å². The Morgan fingerprint density at radius 3 is 2.52 bits per heavy atom. The highest BCUT2D eigenvalue weighted by atomic mass is 16.5. The normalized spacial score (nSPS) is 10.9. The molecule has 8 heteroatoms. The van der Waals surface area contributed by atoms with Gasteiger partial charge in [0.15, 0.2) is 23.5 Å². The Bertz CT molecular complexity index is 1160. The number of benzene rings is 2. The molecule has 0 bridgehead atoms. The van der Waals surface area contributed by atoms with Crippen molar-refractivity contribution < 1.29 is 28.5 Å². The summed E-state index contributed by atoms with van der Waals surface area (Å²) in [5, 5.41) is 10.3. The predicted octanol–water partition coefficient (Wildman–Crippen LogP) is 3.43. The molecule has 0 fully saturated rings. The quantitative estimate of drug-likeness (QED) is 0.617. The van der Waals surface area contributed by atoms with E-state index in [1.54, 1.807) is 39.4 Å². The lowest BCUT2D eigenvalue weighted by atomic mass is 10.1. The zero-order chi connectivity index (χ0) is 22.7. The molecule has 0 unspecified atom stereocenters. The molecular formula is C23H25NO7. The van der Waals surface area contributed by atoms with E-state index in [0.717, 1.165) is 0 Å². The Morgan fingerprint density at radius 2 is 1.87 bits per heavy atom. The number of fused-ring (bicyclic) bond motifs is 1. The monoisotopic (exact) mass is 427 g/mol. The Balaban J connectivity index is 2.04. The van der Waals surface area contributed by atoms with Crippen LogP contribution in [0.2, 0.25) is 0 Å². The van der Waals surface area contributed by atoms with Gasteiger partial charge in [0.1, 0.15) is 28.2 Å². The van der Waals surface area contributed by atoms with Crippen molar-refractivity contribution in [1.82, 2.24) is 4.90 Å². The molecule has 0 saturated carbocycles. The predicted molar refractivity (Wildman–Crippen MR) is 116 cm³/mol. The van der Waals surface area contributed by atoms with Crippen LogP contribution in [0.15, 0.2) is 45.6 Å². The van der Waals surface area contributed by atoms with Crippen LogP contribution in [0.5, 0.6) is 23.0 Å². The van der Waals surface area contributed by atoms with E-state index < -0.39 is 5.43 Å². The van der Waals surface area contributed by atoms with Crippen LogP contribution in [0.4, 0.5) is 0 Å². The molecule has 3 rings (SSSR count). The van der Waals surface area contributed by atoms with Gasteiger partial charge in [0.05, 0.1) is 13.2 Å². The molecule has 0 spiro atoms. The first-order valence-corrected chi connectivity index (χ1v) is 9.68. The van der Waals surface area contributed by atoms with E-state index in [0.29, 0.717) is 17.1 Å². The van der Waals surface area contributed by atoms with Gasteiger partial charge in [-0.05, 0) is 32.0 Å². The van der Waals surface area contributed by atoms with E-state index in [2.05, 4.69) is 0 Å². The van der Waals surface area contributed by atoms with Crippen LogP contribution in [0.25, 0.3) is 22.3 Å². The average Bonchev–Trinajstić information content (AvgIpc) is 2.70. The standard InChI is InChI=1S/C23H25NO7/c1-13(2)30-20-8-14(6-7-18(20)28-5)19-11-17(26)23-16(25)9-15(10-21(23)31-19)29-12-22(27)24(3)4/h6-11,13,25H,12H2,1-5H3. The summed E-state index contributed by atoms with van der Waals surface area (Å²) in [4.78, 5) is 25.8. The maximum absolute atomic E-state index is 12.7. The molecule has 0 aliphatic heterocycles. The Hall–Kier alpha value is -3.68. The molecule has 0 aliphatic rings. The molecule has 3 aromatic rings. The lowest BCUT2D eigenvalue weighted by Crippen LogP contribution is -2.27. The van der Waals surface area contributed by atoms with Gasteiger partial charge in [-0.2, -0.15) is 0 Å². The summed E-state index contributed by atoms with van der Waals surface area (Å²) in [6.07, 6.45) is -0.0747. The molecule has 8 nitrogen and oxygen atoms in total. The number of aromatic hydroxyl groups is 1. The topological polar surface area (TPSA) is 98.4 Å². The van der Waals surface area contributed by atoms with E-state index in [4.69, 9.17) is 18.6 Å². The van der Waals surface area contributed by atoms with Gasteiger partial charge in [0.2, 0.25) is 0 Å². The van der Waals surface area contributed by atoms with Crippen LogP contribution >= 0.6 is 0 Å². The number of ether oxygens (including phenoxy) is 3. The highest BCUT2D eigenvalue weighted by Crippen LogP contribution is 2.35. The molecule has 1 heterocycles. The molecule has 2 aromatic carbocycles. The molecule has 164 valence electrons. The fourth-order valence-electron chi connectivity index (χ4n) is 2.92. The fourth-order valence-corrected chi connectivity index (χ4v) is 2.92. The van der Waals surface area contributed by atoms with Gasteiger partial charge < -0.3 is 28.6 Å². The molecule has 0 saturated heterocycles. The third-order valence-corrected chi connectivity index (χ3v) is 4.46. The summed E-state index contributed by atoms with van der Waals surface area (Å²) in [5.41, 5.74) is 0.327. The number of hydrogen-bond acceptors (Lipinski definition) is 7. The molecule has 0 aliphatic carbocycles. The summed E-state index contributed by atoms with van der Waals surface area (Å²) < 4.78 is 22.5. The molecule has 31 heavy (non-hydrogen) atoms. The number of methoxy groups -OCH3 is 1. The van der Waals surface area contributed by atoms with Crippen LogP contribution in [0.3, 0.4) is 0 Å². The first-order valence-electron chi connectivity index (χ1n) is 9.68. The molecular weight excluding hydrogens is 402 g/mol. The fraction of sp³-hybridized carbons (Fsp3) is 0.304.